The fourth-order valence-corrected chi connectivity index (χ4v) is 4.97. The number of amides is 1. The smallest absolute Gasteiger partial charge is 0.251 e. The summed E-state index contributed by atoms with van der Waals surface area (Å²) in [5.74, 6) is 0.0905. The van der Waals surface area contributed by atoms with E-state index in [0.29, 0.717) is 6.04 Å². The summed E-state index contributed by atoms with van der Waals surface area (Å²) in [5, 5.41) is 3.18. The first-order valence-corrected chi connectivity index (χ1v) is 13.0. The van der Waals surface area contributed by atoms with Crippen LogP contribution in [-0.4, -0.2) is 25.1 Å². The second-order valence-corrected chi connectivity index (χ2v) is 12.4. The normalized spacial score (nSPS) is 15.6. The third-order valence-electron chi connectivity index (χ3n) is 6.14. The molecule has 0 aromatic heterocycles. The fourth-order valence-electron chi connectivity index (χ4n) is 3.91. The van der Waals surface area contributed by atoms with Crippen LogP contribution in [0.1, 0.15) is 79.9 Å². The Kier molecular flexibility index (Phi) is 7.58. The summed E-state index contributed by atoms with van der Waals surface area (Å²) in [7, 11) is -3.18. The molecule has 0 saturated heterocycles. The average Bonchev–Trinajstić information content (AvgIpc) is 2.73. The maximum absolute atomic E-state index is 12.6. The number of sulfone groups is 1. The molecule has 1 fully saturated rings. The topological polar surface area (TPSA) is 63.2 Å². The van der Waals surface area contributed by atoms with Crippen LogP contribution in [0.4, 0.5) is 0 Å². The van der Waals surface area contributed by atoms with Gasteiger partial charge >= 0.3 is 0 Å². The Hall–Kier alpha value is -2.14. The van der Waals surface area contributed by atoms with Crippen LogP contribution >= 0.6 is 0 Å². The van der Waals surface area contributed by atoms with Gasteiger partial charge < -0.3 is 5.32 Å². The Morgan fingerprint density at radius 3 is 2.16 bits per heavy atom. The number of aryl methyl sites for hydroxylation is 2. The molecule has 1 aliphatic rings. The maximum atomic E-state index is 12.6. The molecule has 168 valence electrons. The summed E-state index contributed by atoms with van der Waals surface area (Å²) in [5.41, 5.74) is 3.84. The maximum Gasteiger partial charge on any atom is 0.251 e. The molecule has 3 rings (SSSR count). The van der Waals surface area contributed by atoms with Gasteiger partial charge in [0.2, 0.25) is 0 Å². The van der Waals surface area contributed by atoms with E-state index >= 15 is 0 Å². The predicted octanol–water partition coefficient (Wildman–Crippen LogP) is 5.25. The molecule has 2 aromatic rings. The van der Waals surface area contributed by atoms with Crippen LogP contribution in [0.25, 0.3) is 0 Å². The van der Waals surface area contributed by atoms with Gasteiger partial charge in [-0.3, -0.25) is 4.79 Å². The summed E-state index contributed by atoms with van der Waals surface area (Å²) in [6.07, 6.45) is 7.52. The molecule has 0 bridgehead atoms. The minimum atomic E-state index is -3.18. The zero-order valence-electron chi connectivity index (χ0n) is 19.0. The Bertz CT molecular complexity index is 982. The zero-order chi connectivity index (χ0) is 22.5. The molecule has 2 aromatic carbocycles. The quantitative estimate of drug-likeness (QED) is 0.638. The van der Waals surface area contributed by atoms with Crippen molar-refractivity contribution in [2.75, 3.05) is 0 Å². The van der Waals surface area contributed by atoms with E-state index in [1.54, 1.807) is 20.8 Å². The minimum absolute atomic E-state index is 0.0261. The first kappa shape index (κ1) is 23.5. The molecule has 1 amide bonds. The van der Waals surface area contributed by atoms with E-state index in [4.69, 9.17) is 0 Å². The lowest BCUT2D eigenvalue weighted by Crippen LogP contribution is -2.36. The zero-order valence-corrected chi connectivity index (χ0v) is 19.8. The number of hydrogen-bond donors (Lipinski definition) is 1. The Balaban J connectivity index is 1.56. The van der Waals surface area contributed by atoms with Gasteiger partial charge in [-0.05, 0) is 75.3 Å². The minimum Gasteiger partial charge on any atom is -0.349 e. The van der Waals surface area contributed by atoms with E-state index in [-0.39, 0.29) is 11.7 Å². The molecule has 1 N–H and O–H groups in total. The Morgan fingerprint density at radius 1 is 0.903 bits per heavy atom. The van der Waals surface area contributed by atoms with E-state index in [0.717, 1.165) is 47.9 Å². The van der Waals surface area contributed by atoms with Crippen molar-refractivity contribution in [3.63, 3.8) is 0 Å². The Labute approximate surface area is 187 Å². The van der Waals surface area contributed by atoms with Crippen LogP contribution in [0.2, 0.25) is 0 Å². The van der Waals surface area contributed by atoms with E-state index in [9.17, 15) is 13.2 Å². The highest BCUT2D eigenvalue weighted by Crippen LogP contribution is 2.21. The van der Waals surface area contributed by atoms with Crippen molar-refractivity contribution in [3.8, 4) is 0 Å². The van der Waals surface area contributed by atoms with Crippen molar-refractivity contribution in [1.29, 1.82) is 0 Å². The third kappa shape index (κ3) is 6.67. The predicted molar refractivity (Wildman–Crippen MR) is 127 cm³/mol. The van der Waals surface area contributed by atoms with E-state index in [2.05, 4.69) is 11.4 Å². The second kappa shape index (κ2) is 9.99. The van der Waals surface area contributed by atoms with Gasteiger partial charge in [0.1, 0.15) is 0 Å². The van der Waals surface area contributed by atoms with Gasteiger partial charge in [-0.15, -0.1) is 0 Å². The molecule has 5 heteroatoms. The van der Waals surface area contributed by atoms with Crippen molar-refractivity contribution >= 4 is 15.7 Å². The van der Waals surface area contributed by atoms with Crippen LogP contribution < -0.4 is 5.32 Å². The molecular weight excluding hydrogens is 406 g/mol. The van der Waals surface area contributed by atoms with Gasteiger partial charge in [-0.1, -0.05) is 55.7 Å². The summed E-state index contributed by atoms with van der Waals surface area (Å²) in [6.45, 7) is 5.21. The highest BCUT2D eigenvalue weighted by molar-refractivity contribution is 7.91. The third-order valence-corrected chi connectivity index (χ3v) is 8.72. The van der Waals surface area contributed by atoms with E-state index in [1.807, 2.05) is 42.5 Å². The van der Waals surface area contributed by atoms with Gasteiger partial charge in [0, 0.05) is 11.6 Å². The molecule has 0 radical (unpaired) electrons. The SMILES string of the molecule is CC(C)(C)S(=O)(=O)Cc1ccc(CCc2cccc(C(=O)NC3CCCCC3)c2)cc1. The molecule has 4 nitrogen and oxygen atoms in total. The Morgan fingerprint density at radius 2 is 1.52 bits per heavy atom. The van der Waals surface area contributed by atoms with Gasteiger partial charge in [0.05, 0.1) is 10.5 Å². The van der Waals surface area contributed by atoms with Crippen molar-refractivity contribution in [2.45, 2.75) is 82.3 Å². The summed E-state index contributed by atoms with van der Waals surface area (Å²) >= 11 is 0. The summed E-state index contributed by atoms with van der Waals surface area (Å²) in [4.78, 5) is 12.6. The fraction of sp³-hybridized carbons (Fsp3) is 0.500. The molecule has 1 aliphatic carbocycles. The van der Waals surface area contributed by atoms with E-state index in [1.165, 1.54) is 19.3 Å². The highest BCUT2D eigenvalue weighted by atomic mass is 32.2. The van der Waals surface area contributed by atoms with Crippen LogP contribution in [-0.2, 0) is 28.4 Å². The van der Waals surface area contributed by atoms with Crippen LogP contribution in [0.15, 0.2) is 48.5 Å². The number of rotatable bonds is 7. The van der Waals surface area contributed by atoms with Crippen molar-refractivity contribution < 1.29 is 13.2 Å². The van der Waals surface area contributed by atoms with Gasteiger partial charge in [0.25, 0.3) is 5.91 Å². The largest absolute Gasteiger partial charge is 0.349 e. The lowest BCUT2D eigenvalue weighted by molar-refractivity contribution is 0.0927. The van der Waals surface area contributed by atoms with Crippen LogP contribution in [0.5, 0.6) is 0 Å². The lowest BCUT2D eigenvalue weighted by Gasteiger charge is -2.22. The molecule has 0 atom stereocenters. The molecular formula is C26H35NO3S. The van der Waals surface area contributed by atoms with Crippen molar-refractivity contribution in [1.82, 2.24) is 5.32 Å². The number of benzene rings is 2. The van der Waals surface area contributed by atoms with Gasteiger partial charge in [0.15, 0.2) is 9.84 Å². The molecule has 1 saturated carbocycles. The number of carbonyl (C=O) groups is 1. The standard InChI is InChI=1S/C26H35NO3S/c1-26(2,3)31(29,30)19-22-16-13-20(14-17-22)12-15-21-8-7-9-23(18-21)25(28)27-24-10-5-4-6-11-24/h7-9,13-14,16-18,24H,4-6,10-12,15,19H2,1-3H3,(H,27,28). The van der Waals surface area contributed by atoms with Crippen molar-refractivity contribution in [3.05, 3.63) is 70.8 Å². The molecule has 0 aliphatic heterocycles. The van der Waals surface area contributed by atoms with Crippen molar-refractivity contribution in [2.24, 2.45) is 0 Å². The summed E-state index contributed by atoms with van der Waals surface area (Å²) in [6, 6.07) is 16.0. The monoisotopic (exact) mass is 441 g/mol. The second-order valence-electron chi connectivity index (χ2n) is 9.70. The number of carbonyl (C=O) groups excluding carboxylic acids is 1. The molecule has 0 spiro atoms. The average molecular weight is 442 g/mol. The lowest BCUT2D eigenvalue weighted by atomic mass is 9.95. The van der Waals surface area contributed by atoms with E-state index < -0.39 is 14.6 Å². The highest BCUT2D eigenvalue weighted by Gasteiger charge is 2.28. The first-order chi connectivity index (χ1) is 14.6. The first-order valence-electron chi connectivity index (χ1n) is 11.3. The van der Waals surface area contributed by atoms with Crippen LogP contribution in [0, 0.1) is 0 Å². The number of hydrogen-bond acceptors (Lipinski definition) is 3. The summed E-state index contributed by atoms with van der Waals surface area (Å²) < 4.78 is 24.0. The number of nitrogens with one attached hydrogen (secondary N) is 1. The molecule has 0 heterocycles. The van der Waals surface area contributed by atoms with Crippen LogP contribution in [0.3, 0.4) is 0 Å². The molecule has 0 unspecified atom stereocenters. The van der Waals surface area contributed by atoms with Gasteiger partial charge in [-0.25, -0.2) is 8.42 Å². The molecule has 31 heavy (non-hydrogen) atoms. The van der Waals surface area contributed by atoms with Gasteiger partial charge in [-0.2, -0.15) is 0 Å².